The zero-order valence-corrected chi connectivity index (χ0v) is 9.24. The van der Waals surface area contributed by atoms with E-state index in [2.05, 4.69) is 8.92 Å². The van der Waals surface area contributed by atoms with Crippen molar-refractivity contribution in [2.45, 2.75) is 30.7 Å². The van der Waals surface area contributed by atoms with Crippen LogP contribution in [0.5, 0.6) is 0 Å². The molecule has 0 aromatic carbocycles. The first-order valence-corrected chi connectivity index (χ1v) is 6.26. The van der Waals surface area contributed by atoms with Crippen molar-refractivity contribution in [3.05, 3.63) is 0 Å². The Morgan fingerprint density at radius 3 is 2.25 bits per heavy atom. The van der Waals surface area contributed by atoms with Crippen LogP contribution in [0, 0.1) is 0 Å². The second-order valence-electron chi connectivity index (χ2n) is 3.49. The molecule has 0 aromatic rings. The Morgan fingerprint density at radius 2 is 1.81 bits per heavy atom. The summed E-state index contributed by atoms with van der Waals surface area (Å²) in [5.41, 5.74) is 0. The number of aliphatic hydroxyl groups excluding tert-OH is 4. The fraction of sp³-hybridized carbons (Fsp3) is 1.00. The third-order valence-electron chi connectivity index (χ3n) is 2.13. The molecule has 1 rings (SSSR count). The fourth-order valence-electron chi connectivity index (χ4n) is 1.38. The SMILES string of the molecule is CS(=O)(=O)O[C@H]1[C@@H](O)[C@H](O)[C@H](CO)O[C@@H]1O. The van der Waals surface area contributed by atoms with Crippen LogP contribution in [0.15, 0.2) is 0 Å². The van der Waals surface area contributed by atoms with Crippen LogP contribution in [-0.4, -0.2) is 72.4 Å². The second-order valence-corrected chi connectivity index (χ2v) is 5.09. The monoisotopic (exact) mass is 258 g/mol. The first-order chi connectivity index (χ1) is 7.26. The number of aliphatic hydroxyl groups is 4. The summed E-state index contributed by atoms with van der Waals surface area (Å²) < 4.78 is 30.7. The van der Waals surface area contributed by atoms with Gasteiger partial charge < -0.3 is 25.2 Å². The quantitative estimate of drug-likeness (QED) is 0.388. The largest absolute Gasteiger partial charge is 0.394 e. The minimum atomic E-state index is -3.91. The molecule has 0 aliphatic carbocycles. The summed E-state index contributed by atoms with van der Waals surface area (Å²) in [6, 6.07) is 0. The number of rotatable bonds is 3. The van der Waals surface area contributed by atoms with Crippen LogP contribution in [0.25, 0.3) is 0 Å². The Balaban J connectivity index is 2.80. The van der Waals surface area contributed by atoms with Crippen LogP contribution >= 0.6 is 0 Å². The Hall–Kier alpha value is -0.290. The van der Waals surface area contributed by atoms with E-state index in [1.165, 1.54) is 0 Å². The van der Waals surface area contributed by atoms with Crippen molar-refractivity contribution in [1.29, 1.82) is 0 Å². The van der Waals surface area contributed by atoms with Gasteiger partial charge in [0.25, 0.3) is 10.1 Å². The van der Waals surface area contributed by atoms with Gasteiger partial charge in [0.15, 0.2) is 12.4 Å². The van der Waals surface area contributed by atoms with E-state index < -0.39 is 47.4 Å². The highest BCUT2D eigenvalue weighted by Crippen LogP contribution is 2.23. The average molecular weight is 258 g/mol. The van der Waals surface area contributed by atoms with E-state index in [-0.39, 0.29) is 0 Å². The highest BCUT2D eigenvalue weighted by atomic mass is 32.2. The van der Waals surface area contributed by atoms with Crippen LogP contribution in [-0.2, 0) is 19.0 Å². The Morgan fingerprint density at radius 1 is 1.25 bits per heavy atom. The summed E-state index contributed by atoms with van der Waals surface area (Å²) in [6.45, 7) is -0.624. The second kappa shape index (κ2) is 4.92. The van der Waals surface area contributed by atoms with Crippen LogP contribution < -0.4 is 0 Å². The number of hydrogen-bond donors (Lipinski definition) is 4. The molecule has 0 saturated carbocycles. The molecule has 0 aromatic heterocycles. The van der Waals surface area contributed by atoms with E-state index >= 15 is 0 Å². The molecule has 0 unspecified atom stereocenters. The molecule has 0 spiro atoms. The van der Waals surface area contributed by atoms with Gasteiger partial charge in [-0.05, 0) is 0 Å². The van der Waals surface area contributed by atoms with Crippen molar-refractivity contribution in [3.63, 3.8) is 0 Å². The van der Waals surface area contributed by atoms with E-state index in [0.29, 0.717) is 0 Å². The first kappa shape index (κ1) is 13.8. The van der Waals surface area contributed by atoms with Gasteiger partial charge in [-0.25, -0.2) is 0 Å². The molecule has 1 aliphatic heterocycles. The van der Waals surface area contributed by atoms with E-state index in [1.54, 1.807) is 0 Å². The fourth-order valence-corrected chi connectivity index (χ4v) is 1.99. The molecule has 0 radical (unpaired) electrons. The Kier molecular flexibility index (Phi) is 4.23. The lowest BCUT2D eigenvalue weighted by Crippen LogP contribution is -2.59. The molecule has 5 atom stereocenters. The van der Waals surface area contributed by atoms with Gasteiger partial charge in [-0.3, -0.25) is 4.18 Å². The van der Waals surface area contributed by atoms with Gasteiger partial charge in [0.05, 0.1) is 12.9 Å². The van der Waals surface area contributed by atoms with E-state index in [1.807, 2.05) is 0 Å². The lowest BCUT2D eigenvalue weighted by molar-refractivity contribution is -0.279. The zero-order chi connectivity index (χ0) is 12.5. The topological polar surface area (TPSA) is 134 Å². The summed E-state index contributed by atoms with van der Waals surface area (Å²) in [6.07, 6.45) is -7.03. The third kappa shape index (κ3) is 3.10. The van der Waals surface area contributed by atoms with Gasteiger partial charge in [-0.15, -0.1) is 0 Å². The summed E-state index contributed by atoms with van der Waals surface area (Å²) in [5.74, 6) is 0. The van der Waals surface area contributed by atoms with Crippen LogP contribution in [0.1, 0.15) is 0 Å². The molecule has 16 heavy (non-hydrogen) atoms. The van der Waals surface area contributed by atoms with Crippen LogP contribution in [0.4, 0.5) is 0 Å². The van der Waals surface area contributed by atoms with Gasteiger partial charge in [-0.1, -0.05) is 0 Å². The smallest absolute Gasteiger partial charge is 0.264 e. The van der Waals surface area contributed by atoms with Crippen LogP contribution in [0.3, 0.4) is 0 Å². The van der Waals surface area contributed by atoms with Gasteiger partial charge in [0, 0.05) is 0 Å². The molecule has 0 bridgehead atoms. The lowest BCUT2D eigenvalue weighted by Gasteiger charge is -2.38. The van der Waals surface area contributed by atoms with Crippen molar-refractivity contribution in [3.8, 4) is 0 Å². The molecule has 8 nitrogen and oxygen atoms in total. The molecule has 4 N–H and O–H groups in total. The highest BCUT2D eigenvalue weighted by molar-refractivity contribution is 7.86. The Bertz CT molecular complexity index is 327. The van der Waals surface area contributed by atoms with Gasteiger partial charge in [-0.2, -0.15) is 8.42 Å². The molecule has 1 aliphatic rings. The molecule has 1 fully saturated rings. The summed E-state index contributed by atoms with van der Waals surface area (Å²) in [4.78, 5) is 0. The number of ether oxygens (including phenoxy) is 1. The molecular weight excluding hydrogens is 244 g/mol. The maximum atomic E-state index is 10.8. The summed E-state index contributed by atoms with van der Waals surface area (Å²) in [5, 5.41) is 37.0. The lowest BCUT2D eigenvalue weighted by atomic mass is 9.99. The van der Waals surface area contributed by atoms with E-state index in [9.17, 15) is 23.7 Å². The minimum Gasteiger partial charge on any atom is -0.394 e. The van der Waals surface area contributed by atoms with Crippen molar-refractivity contribution in [2.75, 3.05) is 12.9 Å². The number of hydrogen-bond acceptors (Lipinski definition) is 8. The van der Waals surface area contributed by atoms with Crippen molar-refractivity contribution >= 4 is 10.1 Å². The maximum absolute atomic E-state index is 10.8. The predicted octanol–water partition coefficient (Wildman–Crippen LogP) is -3.24. The van der Waals surface area contributed by atoms with Crippen molar-refractivity contribution < 1.29 is 37.8 Å². The predicted molar refractivity (Wildman–Crippen MR) is 49.7 cm³/mol. The Labute approximate surface area is 92.2 Å². The first-order valence-electron chi connectivity index (χ1n) is 4.45. The standard InChI is InChI=1S/C7H14O8S/c1-16(12,13)15-6-5(10)4(9)3(2-8)14-7(6)11/h3-11H,2H2,1H3/t3-,4+,5-,6-,7-/m0/s1. The summed E-state index contributed by atoms with van der Waals surface area (Å²) >= 11 is 0. The molecule has 1 heterocycles. The minimum absolute atomic E-state index is 0.624. The molecule has 0 amide bonds. The molecule has 9 heteroatoms. The normalized spacial score (nSPS) is 40.9. The van der Waals surface area contributed by atoms with Gasteiger partial charge >= 0.3 is 0 Å². The molecule has 96 valence electrons. The van der Waals surface area contributed by atoms with Crippen molar-refractivity contribution in [2.24, 2.45) is 0 Å². The van der Waals surface area contributed by atoms with E-state index in [4.69, 9.17) is 5.11 Å². The molecule has 1 saturated heterocycles. The van der Waals surface area contributed by atoms with Crippen molar-refractivity contribution in [1.82, 2.24) is 0 Å². The van der Waals surface area contributed by atoms with Gasteiger partial charge in [0.1, 0.15) is 18.3 Å². The van der Waals surface area contributed by atoms with Crippen LogP contribution in [0.2, 0.25) is 0 Å². The average Bonchev–Trinajstić information content (AvgIpc) is 2.17. The highest BCUT2D eigenvalue weighted by Gasteiger charge is 2.45. The maximum Gasteiger partial charge on any atom is 0.264 e. The third-order valence-corrected chi connectivity index (χ3v) is 2.70. The summed E-state index contributed by atoms with van der Waals surface area (Å²) in [7, 11) is -3.91. The van der Waals surface area contributed by atoms with E-state index in [0.717, 1.165) is 6.26 Å². The molecular formula is C7H14O8S. The zero-order valence-electron chi connectivity index (χ0n) is 8.42. The van der Waals surface area contributed by atoms with Gasteiger partial charge in [0.2, 0.25) is 0 Å².